The van der Waals surface area contributed by atoms with E-state index in [2.05, 4.69) is 26.5 Å². The van der Waals surface area contributed by atoms with Crippen LogP contribution in [0.15, 0.2) is 70.2 Å². The number of rotatable bonds is 8. The van der Waals surface area contributed by atoms with Gasteiger partial charge in [-0.25, -0.2) is 5.43 Å². The molecular weight excluding hydrogens is 537 g/mol. The third-order valence-electron chi connectivity index (χ3n) is 4.52. The molecule has 3 aromatic rings. The molecule has 0 atom stereocenters. The molecule has 178 valence electrons. The molecule has 1 N–H and O–H groups in total. The van der Waals surface area contributed by atoms with Crippen LogP contribution in [0.1, 0.15) is 34.0 Å². The molecule has 0 heterocycles. The Balaban J connectivity index is 1.76. The smallest absolute Gasteiger partial charge is 0.417 e. The van der Waals surface area contributed by atoms with Gasteiger partial charge < -0.3 is 9.47 Å². The van der Waals surface area contributed by atoms with E-state index in [1.54, 1.807) is 18.2 Å². The van der Waals surface area contributed by atoms with Crippen molar-refractivity contribution in [2.24, 2.45) is 5.10 Å². The van der Waals surface area contributed by atoms with Gasteiger partial charge >= 0.3 is 6.18 Å². The Morgan fingerprint density at radius 2 is 1.82 bits per heavy atom. The molecule has 0 aliphatic heterocycles. The van der Waals surface area contributed by atoms with Crippen molar-refractivity contribution < 1.29 is 27.4 Å². The van der Waals surface area contributed by atoms with E-state index in [1.165, 1.54) is 18.3 Å². The summed E-state index contributed by atoms with van der Waals surface area (Å²) in [6, 6.07) is 15.1. The van der Waals surface area contributed by atoms with Gasteiger partial charge in [0.25, 0.3) is 5.91 Å². The van der Waals surface area contributed by atoms with Crippen LogP contribution in [0.5, 0.6) is 11.5 Å². The molecule has 34 heavy (non-hydrogen) atoms. The fourth-order valence-electron chi connectivity index (χ4n) is 2.98. The van der Waals surface area contributed by atoms with Crippen LogP contribution < -0.4 is 14.9 Å². The zero-order valence-electron chi connectivity index (χ0n) is 17.8. The second-order valence-electron chi connectivity index (χ2n) is 6.89. The average Bonchev–Trinajstić information content (AvgIpc) is 2.79. The van der Waals surface area contributed by atoms with Crippen LogP contribution in [0.25, 0.3) is 0 Å². The van der Waals surface area contributed by atoms with Crippen LogP contribution in [0.2, 0.25) is 5.02 Å². The molecule has 0 saturated carbocycles. The average molecular weight is 556 g/mol. The van der Waals surface area contributed by atoms with Crippen molar-refractivity contribution in [1.82, 2.24) is 5.43 Å². The molecule has 3 rings (SSSR count). The van der Waals surface area contributed by atoms with E-state index < -0.39 is 23.2 Å². The van der Waals surface area contributed by atoms with Gasteiger partial charge in [0.15, 0.2) is 11.5 Å². The Hall–Kier alpha value is -3.04. The molecule has 0 aliphatic carbocycles. The summed E-state index contributed by atoms with van der Waals surface area (Å²) in [4.78, 5) is 12.3. The topological polar surface area (TPSA) is 59.9 Å². The van der Waals surface area contributed by atoms with Gasteiger partial charge in [-0.2, -0.15) is 18.3 Å². The Morgan fingerprint density at radius 3 is 2.53 bits per heavy atom. The SMILES string of the molecule is CCOc1cc(/C=N/NC(=O)c2ccccc2C(F)(F)F)cc(Br)c1OCc1ccccc1Cl. The summed E-state index contributed by atoms with van der Waals surface area (Å²) >= 11 is 9.62. The number of amides is 1. The highest BCUT2D eigenvalue weighted by atomic mass is 79.9. The molecule has 0 unspecified atom stereocenters. The first kappa shape index (κ1) is 25.6. The maximum Gasteiger partial charge on any atom is 0.417 e. The Bertz CT molecular complexity index is 1200. The fourth-order valence-corrected chi connectivity index (χ4v) is 3.75. The van der Waals surface area contributed by atoms with Crippen molar-refractivity contribution >= 4 is 39.7 Å². The highest BCUT2D eigenvalue weighted by Gasteiger charge is 2.34. The number of hydrogen-bond acceptors (Lipinski definition) is 4. The number of benzene rings is 3. The van der Waals surface area contributed by atoms with E-state index in [1.807, 2.05) is 25.1 Å². The maximum atomic E-state index is 13.1. The Labute approximate surface area is 207 Å². The van der Waals surface area contributed by atoms with Gasteiger partial charge in [0, 0.05) is 10.6 Å². The van der Waals surface area contributed by atoms with Crippen molar-refractivity contribution in [2.75, 3.05) is 6.61 Å². The number of nitrogens with zero attached hydrogens (tertiary/aromatic N) is 1. The summed E-state index contributed by atoms with van der Waals surface area (Å²) in [6.45, 7) is 2.38. The van der Waals surface area contributed by atoms with Gasteiger partial charge in [0.05, 0.1) is 28.4 Å². The first-order valence-electron chi connectivity index (χ1n) is 10.0. The monoisotopic (exact) mass is 554 g/mol. The van der Waals surface area contributed by atoms with E-state index in [0.717, 1.165) is 17.7 Å². The lowest BCUT2D eigenvalue weighted by Gasteiger charge is -2.15. The molecule has 0 saturated heterocycles. The lowest BCUT2D eigenvalue weighted by molar-refractivity contribution is -0.137. The molecule has 1 amide bonds. The van der Waals surface area contributed by atoms with Crippen molar-refractivity contribution in [3.63, 3.8) is 0 Å². The highest BCUT2D eigenvalue weighted by molar-refractivity contribution is 9.10. The number of halogens is 5. The van der Waals surface area contributed by atoms with Crippen molar-refractivity contribution in [1.29, 1.82) is 0 Å². The summed E-state index contributed by atoms with van der Waals surface area (Å²) in [7, 11) is 0. The van der Waals surface area contributed by atoms with E-state index in [4.69, 9.17) is 21.1 Å². The zero-order valence-corrected chi connectivity index (χ0v) is 20.2. The van der Waals surface area contributed by atoms with Gasteiger partial charge in [-0.05, 0) is 58.7 Å². The van der Waals surface area contributed by atoms with Crippen molar-refractivity contribution in [3.05, 3.63) is 92.4 Å². The summed E-state index contributed by atoms with van der Waals surface area (Å²) < 4.78 is 51.5. The lowest BCUT2D eigenvalue weighted by Crippen LogP contribution is -2.22. The standard InChI is InChI=1S/C24H19BrClF3N2O3/c1-2-33-21-12-15(11-19(25)22(21)34-14-16-7-3-6-10-20(16)26)13-30-31-23(32)17-8-4-5-9-18(17)24(27,28)29/h3-13H,2,14H2,1H3,(H,31,32)/b30-13+. The van der Waals surface area contributed by atoms with Crippen LogP contribution in [-0.4, -0.2) is 18.7 Å². The molecule has 0 aliphatic rings. The van der Waals surface area contributed by atoms with Crippen molar-refractivity contribution in [3.8, 4) is 11.5 Å². The number of carbonyl (C=O) groups is 1. The molecule has 3 aromatic carbocycles. The maximum absolute atomic E-state index is 13.1. The quantitative estimate of drug-likeness (QED) is 0.244. The second-order valence-corrected chi connectivity index (χ2v) is 8.15. The Morgan fingerprint density at radius 1 is 1.12 bits per heavy atom. The van der Waals surface area contributed by atoms with Gasteiger partial charge in [-0.15, -0.1) is 0 Å². The largest absolute Gasteiger partial charge is 0.490 e. The number of nitrogens with one attached hydrogen (secondary N) is 1. The number of carbonyl (C=O) groups excluding carboxylic acids is 1. The number of alkyl halides is 3. The predicted molar refractivity (Wildman–Crippen MR) is 128 cm³/mol. The fraction of sp³-hybridized carbons (Fsp3) is 0.167. The highest BCUT2D eigenvalue weighted by Crippen LogP contribution is 2.37. The van der Waals surface area contributed by atoms with Gasteiger partial charge in [-0.1, -0.05) is 41.9 Å². The van der Waals surface area contributed by atoms with E-state index in [9.17, 15) is 18.0 Å². The second kappa shape index (κ2) is 11.4. The van der Waals surface area contributed by atoms with Gasteiger partial charge in [0.1, 0.15) is 6.61 Å². The first-order valence-corrected chi connectivity index (χ1v) is 11.2. The summed E-state index contributed by atoms with van der Waals surface area (Å²) in [6.07, 6.45) is -3.37. The van der Waals surface area contributed by atoms with Crippen LogP contribution >= 0.6 is 27.5 Å². The minimum absolute atomic E-state index is 0.209. The van der Waals surface area contributed by atoms with Gasteiger partial charge in [-0.3, -0.25) is 4.79 Å². The van der Waals surface area contributed by atoms with Crippen LogP contribution in [0.3, 0.4) is 0 Å². The third kappa shape index (κ3) is 6.51. The third-order valence-corrected chi connectivity index (χ3v) is 5.48. The molecule has 0 fully saturated rings. The minimum atomic E-state index is -4.66. The van der Waals surface area contributed by atoms with Crippen molar-refractivity contribution in [2.45, 2.75) is 19.7 Å². The number of hydrazone groups is 1. The summed E-state index contributed by atoms with van der Waals surface area (Å²) in [5.41, 5.74) is 1.88. The van der Waals surface area contributed by atoms with E-state index >= 15 is 0 Å². The van der Waals surface area contributed by atoms with Crippen LogP contribution in [0, 0.1) is 0 Å². The normalized spacial score (nSPS) is 11.5. The minimum Gasteiger partial charge on any atom is -0.490 e. The summed E-state index contributed by atoms with van der Waals surface area (Å²) in [5.74, 6) is -0.117. The molecular formula is C24H19BrClF3N2O3. The van der Waals surface area contributed by atoms with E-state index in [-0.39, 0.29) is 6.61 Å². The molecule has 0 aromatic heterocycles. The zero-order chi connectivity index (χ0) is 24.7. The van der Waals surface area contributed by atoms with E-state index in [0.29, 0.717) is 33.2 Å². The molecule has 0 radical (unpaired) electrons. The molecule has 0 bridgehead atoms. The first-order chi connectivity index (χ1) is 16.2. The molecule has 10 heteroatoms. The van der Waals surface area contributed by atoms with Gasteiger partial charge in [0.2, 0.25) is 0 Å². The predicted octanol–water partition coefficient (Wildman–Crippen LogP) is 6.86. The number of ether oxygens (including phenoxy) is 2. The van der Waals surface area contributed by atoms with Crippen LogP contribution in [0.4, 0.5) is 13.2 Å². The lowest BCUT2D eigenvalue weighted by atomic mass is 10.1. The number of hydrogen-bond donors (Lipinski definition) is 1. The molecule has 5 nitrogen and oxygen atoms in total. The molecule has 0 spiro atoms. The summed E-state index contributed by atoms with van der Waals surface area (Å²) in [5, 5.41) is 4.36. The Kier molecular flexibility index (Phi) is 8.57. The van der Waals surface area contributed by atoms with Crippen LogP contribution in [-0.2, 0) is 12.8 Å².